The SMILES string of the molecule is CCC1CNC(C(=O)O)CS1. The molecule has 2 N–H and O–H groups in total. The fraction of sp³-hybridized carbons (Fsp3) is 0.857. The van der Waals surface area contributed by atoms with Crippen LogP contribution in [-0.4, -0.2) is 34.7 Å². The summed E-state index contributed by atoms with van der Waals surface area (Å²) in [6, 6.07) is -0.331. The van der Waals surface area contributed by atoms with Crippen molar-refractivity contribution in [1.29, 1.82) is 0 Å². The Kier molecular flexibility index (Phi) is 3.20. The van der Waals surface area contributed by atoms with Gasteiger partial charge in [-0.25, -0.2) is 0 Å². The third kappa shape index (κ3) is 2.38. The van der Waals surface area contributed by atoms with Gasteiger partial charge in [-0.3, -0.25) is 4.79 Å². The number of hydrogen-bond acceptors (Lipinski definition) is 3. The van der Waals surface area contributed by atoms with Crippen LogP contribution in [0.5, 0.6) is 0 Å². The van der Waals surface area contributed by atoms with E-state index in [0.717, 1.165) is 13.0 Å². The van der Waals surface area contributed by atoms with Crippen molar-refractivity contribution in [2.75, 3.05) is 12.3 Å². The van der Waals surface area contributed by atoms with Gasteiger partial charge in [-0.2, -0.15) is 11.8 Å². The Bertz CT molecular complexity index is 143. The van der Waals surface area contributed by atoms with E-state index in [2.05, 4.69) is 12.2 Å². The van der Waals surface area contributed by atoms with E-state index in [1.807, 2.05) is 0 Å². The molecule has 64 valence electrons. The number of hydrogen-bond donors (Lipinski definition) is 2. The molecule has 0 bridgehead atoms. The first-order valence-corrected chi connectivity index (χ1v) is 4.86. The maximum absolute atomic E-state index is 10.5. The van der Waals surface area contributed by atoms with Crippen LogP contribution in [0.25, 0.3) is 0 Å². The Balaban J connectivity index is 2.30. The lowest BCUT2D eigenvalue weighted by Gasteiger charge is -2.25. The molecule has 0 aromatic carbocycles. The summed E-state index contributed by atoms with van der Waals surface area (Å²) in [5.41, 5.74) is 0. The predicted octanol–water partition coefficient (Wildman–Crippen LogP) is 0.555. The van der Waals surface area contributed by atoms with E-state index in [1.54, 1.807) is 11.8 Å². The van der Waals surface area contributed by atoms with Crippen LogP contribution in [0.4, 0.5) is 0 Å². The maximum Gasteiger partial charge on any atom is 0.321 e. The Labute approximate surface area is 70.6 Å². The number of carboxylic acids is 1. The molecule has 0 aromatic heterocycles. The van der Waals surface area contributed by atoms with E-state index >= 15 is 0 Å². The molecule has 0 spiro atoms. The topological polar surface area (TPSA) is 49.3 Å². The Morgan fingerprint density at radius 1 is 1.82 bits per heavy atom. The quantitative estimate of drug-likeness (QED) is 0.643. The van der Waals surface area contributed by atoms with Crippen molar-refractivity contribution in [3.8, 4) is 0 Å². The molecule has 1 aliphatic rings. The van der Waals surface area contributed by atoms with Crippen molar-refractivity contribution < 1.29 is 9.90 Å². The molecule has 0 aliphatic carbocycles. The van der Waals surface area contributed by atoms with Crippen LogP contribution in [0.2, 0.25) is 0 Å². The van der Waals surface area contributed by atoms with Crippen molar-refractivity contribution in [3.05, 3.63) is 0 Å². The van der Waals surface area contributed by atoms with Gasteiger partial charge >= 0.3 is 5.97 Å². The minimum Gasteiger partial charge on any atom is -0.480 e. The largest absolute Gasteiger partial charge is 0.480 e. The number of carbonyl (C=O) groups is 1. The van der Waals surface area contributed by atoms with E-state index < -0.39 is 5.97 Å². The zero-order valence-corrected chi connectivity index (χ0v) is 7.36. The fourth-order valence-electron chi connectivity index (χ4n) is 1.04. The van der Waals surface area contributed by atoms with Gasteiger partial charge in [0.25, 0.3) is 0 Å². The highest BCUT2D eigenvalue weighted by molar-refractivity contribution is 8.00. The zero-order chi connectivity index (χ0) is 8.27. The van der Waals surface area contributed by atoms with Crippen molar-refractivity contribution in [1.82, 2.24) is 5.32 Å². The highest BCUT2D eigenvalue weighted by Crippen LogP contribution is 2.19. The Hall–Kier alpha value is -0.220. The van der Waals surface area contributed by atoms with Crippen LogP contribution in [-0.2, 0) is 4.79 Å². The second kappa shape index (κ2) is 3.97. The van der Waals surface area contributed by atoms with Crippen LogP contribution in [0.3, 0.4) is 0 Å². The summed E-state index contributed by atoms with van der Waals surface area (Å²) in [6.45, 7) is 2.96. The number of carboxylic acid groups (broad SMARTS) is 1. The minimum absolute atomic E-state index is 0.331. The van der Waals surface area contributed by atoms with Crippen LogP contribution < -0.4 is 5.32 Å². The summed E-state index contributed by atoms with van der Waals surface area (Å²) >= 11 is 1.76. The maximum atomic E-state index is 10.5. The molecule has 1 heterocycles. The Morgan fingerprint density at radius 3 is 2.91 bits per heavy atom. The molecule has 0 amide bonds. The summed E-state index contributed by atoms with van der Waals surface area (Å²) in [6.07, 6.45) is 1.12. The normalized spacial score (nSPS) is 31.7. The molecule has 2 atom stereocenters. The second-order valence-corrected chi connectivity index (χ2v) is 4.00. The van der Waals surface area contributed by atoms with Gasteiger partial charge in [0.05, 0.1) is 0 Å². The lowest BCUT2D eigenvalue weighted by Crippen LogP contribution is -2.46. The first-order valence-electron chi connectivity index (χ1n) is 3.81. The smallest absolute Gasteiger partial charge is 0.321 e. The van der Waals surface area contributed by atoms with Crippen molar-refractivity contribution in [2.45, 2.75) is 24.6 Å². The summed E-state index contributed by atoms with van der Waals surface area (Å²) in [4.78, 5) is 10.5. The minimum atomic E-state index is -0.730. The Morgan fingerprint density at radius 2 is 2.55 bits per heavy atom. The standard InChI is InChI=1S/C7H13NO2S/c1-2-5-3-8-6(4-11-5)7(9)10/h5-6,8H,2-4H2,1H3,(H,9,10). The van der Waals surface area contributed by atoms with Crippen molar-refractivity contribution in [3.63, 3.8) is 0 Å². The van der Waals surface area contributed by atoms with E-state index in [1.165, 1.54) is 0 Å². The number of thioether (sulfide) groups is 1. The predicted molar refractivity (Wildman–Crippen MR) is 46.0 cm³/mol. The van der Waals surface area contributed by atoms with Crippen LogP contribution in [0, 0.1) is 0 Å². The van der Waals surface area contributed by atoms with Gasteiger partial charge in [-0.05, 0) is 6.42 Å². The van der Waals surface area contributed by atoms with Gasteiger partial charge in [0.2, 0.25) is 0 Å². The number of rotatable bonds is 2. The fourth-order valence-corrected chi connectivity index (χ4v) is 2.22. The van der Waals surface area contributed by atoms with Crippen molar-refractivity contribution in [2.24, 2.45) is 0 Å². The molecule has 3 nitrogen and oxygen atoms in total. The lowest BCUT2D eigenvalue weighted by molar-refractivity contribution is -0.138. The lowest BCUT2D eigenvalue weighted by atomic mass is 10.2. The van der Waals surface area contributed by atoms with Gasteiger partial charge in [0.15, 0.2) is 0 Å². The van der Waals surface area contributed by atoms with Crippen LogP contribution in [0.1, 0.15) is 13.3 Å². The summed E-state index contributed by atoms with van der Waals surface area (Å²) in [7, 11) is 0. The molecular formula is C7H13NO2S. The van der Waals surface area contributed by atoms with Crippen LogP contribution in [0.15, 0.2) is 0 Å². The highest BCUT2D eigenvalue weighted by atomic mass is 32.2. The molecule has 11 heavy (non-hydrogen) atoms. The van der Waals surface area contributed by atoms with Gasteiger partial charge < -0.3 is 10.4 Å². The molecule has 0 saturated carbocycles. The molecule has 0 aromatic rings. The molecular weight excluding hydrogens is 162 g/mol. The monoisotopic (exact) mass is 175 g/mol. The summed E-state index contributed by atoms with van der Waals surface area (Å²) in [5, 5.41) is 12.2. The average molecular weight is 175 g/mol. The van der Waals surface area contributed by atoms with Gasteiger partial charge in [0.1, 0.15) is 6.04 Å². The highest BCUT2D eigenvalue weighted by Gasteiger charge is 2.24. The van der Waals surface area contributed by atoms with Crippen LogP contribution >= 0.6 is 11.8 Å². The molecule has 1 saturated heterocycles. The third-order valence-electron chi connectivity index (χ3n) is 1.84. The molecule has 1 fully saturated rings. The first-order chi connectivity index (χ1) is 5.24. The first kappa shape index (κ1) is 8.87. The summed E-state index contributed by atoms with van der Waals surface area (Å²) < 4.78 is 0. The van der Waals surface area contributed by atoms with Crippen molar-refractivity contribution >= 4 is 17.7 Å². The number of aliphatic carboxylic acids is 1. The zero-order valence-electron chi connectivity index (χ0n) is 6.54. The molecule has 0 radical (unpaired) electrons. The average Bonchev–Trinajstić information content (AvgIpc) is 2.05. The van der Waals surface area contributed by atoms with E-state index in [-0.39, 0.29) is 6.04 Å². The van der Waals surface area contributed by atoms with Gasteiger partial charge in [-0.15, -0.1) is 0 Å². The van der Waals surface area contributed by atoms with E-state index in [9.17, 15) is 4.79 Å². The van der Waals surface area contributed by atoms with Gasteiger partial charge in [-0.1, -0.05) is 6.92 Å². The summed E-state index contributed by atoms with van der Waals surface area (Å²) in [5.74, 6) is -0.0274. The molecule has 1 rings (SSSR count). The molecule has 4 heteroatoms. The molecule has 2 unspecified atom stereocenters. The molecule has 1 aliphatic heterocycles. The van der Waals surface area contributed by atoms with E-state index in [4.69, 9.17) is 5.11 Å². The van der Waals surface area contributed by atoms with Gasteiger partial charge in [0, 0.05) is 17.5 Å². The third-order valence-corrected chi connectivity index (χ3v) is 3.34. The second-order valence-electron chi connectivity index (χ2n) is 2.66. The van der Waals surface area contributed by atoms with E-state index in [0.29, 0.717) is 11.0 Å². The number of nitrogens with one attached hydrogen (secondary N) is 1.